The van der Waals surface area contributed by atoms with Crippen LogP contribution in [0.3, 0.4) is 0 Å². The Morgan fingerprint density at radius 2 is 2.00 bits per heavy atom. The standard InChI is InChI=1S/C16H26N2O/c1-18(15-5-3-2-4-6-15)11-16-9-13(12-19-16)10-17-14-7-8-14/h9,12,14-15,17H,2-8,10-11H2,1H3. The molecular weight excluding hydrogens is 236 g/mol. The first-order valence-electron chi connectivity index (χ1n) is 7.81. The third kappa shape index (κ3) is 3.83. The lowest BCUT2D eigenvalue weighted by Gasteiger charge is -2.30. The van der Waals surface area contributed by atoms with Crippen molar-refractivity contribution in [2.45, 2.75) is 70.1 Å². The highest BCUT2D eigenvalue weighted by Gasteiger charge is 2.21. The number of nitrogens with one attached hydrogen (secondary N) is 1. The van der Waals surface area contributed by atoms with Gasteiger partial charge in [-0.05, 0) is 38.8 Å². The van der Waals surface area contributed by atoms with E-state index >= 15 is 0 Å². The maximum atomic E-state index is 5.70. The van der Waals surface area contributed by atoms with E-state index in [4.69, 9.17) is 4.42 Å². The summed E-state index contributed by atoms with van der Waals surface area (Å²) in [5, 5.41) is 3.53. The van der Waals surface area contributed by atoms with Crippen molar-refractivity contribution in [2.24, 2.45) is 0 Å². The number of rotatable bonds is 6. The van der Waals surface area contributed by atoms with Crippen LogP contribution in [0.15, 0.2) is 16.7 Å². The quantitative estimate of drug-likeness (QED) is 0.852. The summed E-state index contributed by atoms with van der Waals surface area (Å²) in [6.45, 7) is 1.91. The number of furan rings is 1. The van der Waals surface area contributed by atoms with Gasteiger partial charge in [-0.2, -0.15) is 0 Å². The van der Waals surface area contributed by atoms with Crippen molar-refractivity contribution >= 4 is 0 Å². The van der Waals surface area contributed by atoms with E-state index in [1.54, 1.807) is 0 Å². The van der Waals surface area contributed by atoms with E-state index in [0.29, 0.717) is 0 Å². The van der Waals surface area contributed by atoms with Gasteiger partial charge in [-0.15, -0.1) is 0 Å². The average Bonchev–Trinajstić information content (AvgIpc) is 3.17. The lowest BCUT2D eigenvalue weighted by atomic mass is 9.94. The summed E-state index contributed by atoms with van der Waals surface area (Å²) < 4.78 is 5.70. The van der Waals surface area contributed by atoms with Gasteiger partial charge in [-0.25, -0.2) is 0 Å². The number of hydrogen-bond donors (Lipinski definition) is 1. The Bertz CT molecular complexity index is 391. The van der Waals surface area contributed by atoms with E-state index in [2.05, 4.69) is 23.3 Å². The van der Waals surface area contributed by atoms with Gasteiger partial charge in [0.25, 0.3) is 0 Å². The largest absolute Gasteiger partial charge is 0.468 e. The molecule has 2 aliphatic rings. The molecule has 0 spiro atoms. The fourth-order valence-corrected chi connectivity index (χ4v) is 3.05. The van der Waals surface area contributed by atoms with Gasteiger partial charge in [-0.1, -0.05) is 19.3 Å². The zero-order valence-electron chi connectivity index (χ0n) is 12.0. The highest BCUT2D eigenvalue weighted by molar-refractivity contribution is 5.13. The Morgan fingerprint density at radius 3 is 2.74 bits per heavy atom. The molecular formula is C16H26N2O. The van der Waals surface area contributed by atoms with Gasteiger partial charge in [0, 0.05) is 24.2 Å². The van der Waals surface area contributed by atoms with Gasteiger partial charge in [0.2, 0.25) is 0 Å². The van der Waals surface area contributed by atoms with E-state index in [1.807, 2.05) is 6.26 Å². The second-order valence-electron chi connectivity index (χ2n) is 6.28. The summed E-state index contributed by atoms with van der Waals surface area (Å²) in [5.41, 5.74) is 1.29. The molecule has 3 rings (SSSR count). The molecule has 0 bridgehead atoms. The SMILES string of the molecule is CN(Cc1cc(CNC2CC2)co1)C1CCCCC1. The zero-order chi connectivity index (χ0) is 13.1. The minimum Gasteiger partial charge on any atom is -0.468 e. The molecule has 0 unspecified atom stereocenters. The molecule has 1 heterocycles. The molecule has 19 heavy (non-hydrogen) atoms. The maximum absolute atomic E-state index is 5.70. The van der Waals surface area contributed by atoms with Crippen molar-refractivity contribution < 1.29 is 4.42 Å². The van der Waals surface area contributed by atoms with Crippen molar-refractivity contribution in [3.8, 4) is 0 Å². The number of hydrogen-bond acceptors (Lipinski definition) is 3. The molecule has 0 aliphatic heterocycles. The van der Waals surface area contributed by atoms with Crippen molar-refractivity contribution in [3.63, 3.8) is 0 Å². The fraction of sp³-hybridized carbons (Fsp3) is 0.750. The molecule has 0 saturated heterocycles. The van der Waals surface area contributed by atoms with Crippen LogP contribution >= 0.6 is 0 Å². The normalized spacial score (nSPS) is 21.2. The molecule has 0 amide bonds. The maximum Gasteiger partial charge on any atom is 0.118 e. The average molecular weight is 262 g/mol. The number of nitrogens with zero attached hydrogens (tertiary/aromatic N) is 1. The Labute approximate surface area is 116 Å². The first-order chi connectivity index (χ1) is 9.31. The fourth-order valence-electron chi connectivity index (χ4n) is 3.05. The van der Waals surface area contributed by atoms with Crippen LogP contribution in [-0.2, 0) is 13.1 Å². The van der Waals surface area contributed by atoms with Gasteiger partial charge in [0.05, 0.1) is 12.8 Å². The summed E-state index contributed by atoms with van der Waals surface area (Å²) in [4.78, 5) is 2.47. The predicted octanol–water partition coefficient (Wildman–Crippen LogP) is 3.30. The topological polar surface area (TPSA) is 28.4 Å². The summed E-state index contributed by atoms with van der Waals surface area (Å²) in [7, 11) is 2.24. The lowest BCUT2D eigenvalue weighted by Crippen LogP contribution is -2.32. The van der Waals surface area contributed by atoms with Crippen molar-refractivity contribution in [2.75, 3.05) is 7.05 Å². The Morgan fingerprint density at radius 1 is 1.21 bits per heavy atom. The smallest absolute Gasteiger partial charge is 0.118 e. The minimum atomic E-state index is 0.756. The molecule has 106 valence electrons. The second kappa shape index (κ2) is 6.10. The van der Waals surface area contributed by atoms with Gasteiger partial charge in [0.15, 0.2) is 0 Å². The van der Waals surface area contributed by atoms with Crippen molar-refractivity contribution in [3.05, 3.63) is 23.7 Å². The van der Waals surface area contributed by atoms with Crippen LogP contribution in [0.2, 0.25) is 0 Å². The van der Waals surface area contributed by atoms with Gasteiger partial charge in [0.1, 0.15) is 5.76 Å². The molecule has 1 aromatic rings. The first kappa shape index (κ1) is 13.2. The molecule has 1 N–H and O–H groups in total. The zero-order valence-corrected chi connectivity index (χ0v) is 12.0. The predicted molar refractivity (Wildman–Crippen MR) is 76.9 cm³/mol. The summed E-state index contributed by atoms with van der Waals surface area (Å²) in [5.74, 6) is 1.11. The van der Waals surface area contributed by atoms with Gasteiger partial charge < -0.3 is 9.73 Å². The van der Waals surface area contributed by atoms with E-state index in [1.165, 1.54) is 50.5 Å². The van der Waals surface area contributed by atoms with Gasteiger partial charge >= 0.3 is 0 Å². The molecule has 2 fully saturated rings. The minimum absolute atomic E-state index is 0.756. The Kier molecular flexibility index (Phi) is 4.24. The molecule has 2 aliphatic carbocycles. The van der Waals surface area contributed by atoms with Crippen molar-refractivity contribution in [1.82, 2.24) is 10.2 Å². The van der Waals surface area contributed by atoms with Crippen LogP contribution in [0.5, 0.6) is 0 Å². The van der Waals surface area contributed by atoms with Crippen LogP contribution in [0.25, 0.3) is 0 Å². The van der Waals surface area contributed by atoms with Gasteiger partial charge in [-0.3, -0.25) is 4.90 Å². The molecule has 2 saturated carbocycles. The monoisotopic (exact) mass is 262 g/mol. The summed E-state index contributed by atoms with van der Waals surface area (Å²) >= 11 is 0. The molecule has 0 radical (unpaired) electrons. The van der Waals surface area contributed by atoms with E-state index in [-0.39, 0.29) is 0 Å². The third-order valence-corrected chi connectivity index (χ3v) is 4.48. The van der Waals surface area contributed by atoms with Crippen LogP contribution < -0.4 is 5.32 Å². The second-order valence-corrected chi connectivity index (χ2v) is 6.28. The Hall–Kier alpha value is -0.800. The van der Waals surface area contributed by atoms with E-state index < -0.39 is 0 Å². The van der Waals surface area contributed by atoms with E-state index in [9.17, 15) is 0 Å². The van der Waals surface area contributed by atoms with Crippen LogP contribution in [0.4, 0.5) is 0 Å². The van der Waals surface area contributed by atoms with Crippen molar-refractivity contribution in [1.29, 1.82) is 0 Å². The highest BCUT2D eigenvalue weighted by Crippen LogP contribution is 2.23. The molecule has 0 atom stereocenters. The molecule has 0 aromatic carbocycles. The van der Waals surface area contributed by atoms with Crippen LogP contribution in [0, 0.1) is 0 Å². The first-order valence-corrected chi connectivity index (χ1v) is 7.81. The Balaban J connectivity index is 1.47. The third-order valence-electron chi connectivity index (χ3n) is 4.48. The summed E-state index contributed by atoms with van der Waals surface area (Å²) in [6, 6.07) is 3.74. The van der Waals surface area contributed by atoms with E-state index in [0.717, 1.165) is 30.9 Å². The molecule has 3 heteroatoms. The molecule has 3 nitrogen and oxygen atoms in total. The summed E-state index contributed by atoms with van der Waals surface area (Å²) in [6.07, 6.45) is 11.5. The lowest BCUT2D eigenvalue weighted by molar-refractivity contribution is 0.173. The van der Waals surface area contributed by atoms with Crippen LogP contribution in [0.1, 0.15) is 56.3 Å². The van der Waals surface area contributed by atoms with Crippen LogP contribution in [-0.4, -0.2) is 24.0 Å². The highest BCUT2D eigenvalue weighted by atomic mass is 16.3. The molecule has 1 aromatic heterocycles.